The van der Waals surface area contributed by atoms with Crippen LogP contribution in [0, 0.1) is 18.7 Å². The van der Waals surface area contributed by atoms with Gasteiger partial charge in [0.15, 0.2) is 5.96 Å². The van der Waals surface area contributed by atoms with Crippen molar-refractivity contribution in [2.75, 3.05) is 13.7 Å². The lowest BCUT2D eigenvalue weighted by molar-refractivity contribution is 0.286. The second-order valence-corrected chi connectivity index (χ2v) is 6.85. The van der Waals surface area contributed by atoms with Crippen LogP contribution in [0.4, 0.5) is 4.39 Å². The van der Waals surface area contributed by atoms with Gasteiger partial charge in [-0.3, -0.25) is 9.98 Å². The van der Waals surface area contributed by atoms with Crippen LogP contribution < -0.4 is 15.4 Å². The van der Waals surface area contributed by atoms with Crippen molar-refractivity contribution in [2.24, 2.45) is 10.9 Å². The molecule has 6 heteroatoms. The quantitative estimate of drug-likeness (QED) is 0.546. The Hall–Kier alpha value is -2.63. The van der Waals surface area contributed by atoms with Crippen molar-refractivity contribution in [3.05, 3.63) is 59.2 Å². The minimum absolute atomic E-state index is 0.262. The van der Waals surface area contributed by atoms with Crippen LogP contribution in [0.25, 0.3) is 0 Å². The van der Waals surface area contributed by atoms with E-state index >= 15 is 0 Å². The Labute approximate surface area is 161 Å². The SMILES string of the molecule is CN=C(NCc1ccc(C)cc1OCCC(C)C)NCc1ncccc1F. The van der Waals surface area contributed by atoms with E-state index in [1.807, 2.05) is 0 Å². The molecule has 1 aromatic heterocycles. The Morgan fingerprint density at radius 1 is 1.22 bits per heavy atom. The summed E-state index contributed by atoms with van der Waals surface area (Å²) in [5.41, 5.74) is 2.57. The second kappa shape index (κ2) is 10.5. The number of ether oxygens (including phenoxy) is 1. The van der Waals surface area contributed by atoms with Crippen LogP contribution in [0.5, 0.6) is 5.75 Å². The summed E-state index contributed by atoms with van der Waals surface area (Å²) in [6, 6.07) is 9.14. The van der Waals surface area contributed by atoms with E-state index in [0.717, 1.165) is 23.3 Å². The Morgan fingerprint density at radius 3 is 2.70 bits per heavy atom. The van der Waals surface area contributed by atoms with Gasteiger partial charge < -0.3 is 15.4 Å². The topological polar surface area (TPSA) is 58.5 Å². The maximum atomic E-state index is 13.7. The van der Waals surface area contributed by atoms with Crippen molar-refractivity contribution in [2.45, 2.75) is 40.3 Å². The number of hydrogen-bond acceptors (Lipinski definition) is 3. The molecule has 0 bridgehead atoms. The summed E-state index contributed by atoms with van der Waals surface area (Å²) in [5.74, 6) is 1.73. The molecule has 27 heavy (non-hydrogen) atoms. The Morgan fingerprint density at radius 2 is 2.00 bits per heavy atom. The molecule has 0 saturated carbocycles. The van der Waals surface area contributed by atoms with Gasteiger partial charge in [-0.25, -0.2) is 4.39 Å². The van der Waals surface area contributed by atoms with Crippen LogP contribution in [0.2, 0.25) is 0 Å². The van der Waals surface area contributed by atoms with Crippen molar-refractivity contribution in [3.8, 4) is 5.75 Å². The molecule has 0 atom stereocenters. The van der Waals surface area contributed by atoms with Gasteiger partial charge in [-0.1, -0.05) is 26.0 Å². The molecule has 2 N–H and O–H groups in total. The highest BCUT2D eigenvalue weighted by atomic mass is 19.1. The third-order valence-corrected chi connectivity index (χ3v) is 4.10. The van der Waals surface area contributed by atoms with Gasteiger partial charge >= 0.3 is 0 Å². The van der Waals surface area contributed by atoms with Gasteiger partial charge in [-0.15, -0.1) is 0 Å². The highest BCUT2D eigenvalue weighted by Gasteiger charge is 2.08. The zero-order chi connectivity index (χ0) is 19.6. The normalized spacial score (nSPS) is 11.6. The van der Waals surface area contributed by atoms with Crippen LogP contribution in [0.3, 0.4) is 0 Å². The molecular formula is C21H29FN4O. The molecule has 0 saturated heterocycles. The summed E-state index contributed by atoms with van der Waals surface area (Å²) in [6.45, 7) is 7.93. The van der Waals surface area contributed by atoms with E-state index < -0.39 is 0 Å². The van der Waals surface area contributed by atoms with Gasteiger partial charge in [-0.2, -0.15) is 0 Å². The first-order valence-electron chi connectivity index (χ1n) is 9.25. The third-order valence-electron chi connectivity index (χ3n) is 4.10. The number of aliphatic imine (C=N–C) groups is 1. The molecule has 1 aromatic carbocycles. The molecule has 146 valence electrons. The molecular weight excluding hydrogens is 343 g/mol. The van der Waals surface area contributed by atoms with Crippen LogP contribution in [0.1, 0.15) is 37.1 Å². The van der Waals surface area contributed by atoms with Gasteiger partial charge in [-0.05, 0) is 43.0 Å². The monoisotopic (exact) mass is 372 g/mol. The zero-order valence-electron chi connectivity index (χ0n) is 16.6. The molecule has 0 aliphatic carbocycles. The van der Waals surface area contributed by atoms with Crippen molar-refractivity contribution >= 4 is 5.96 Å². The molecule has 0 aliphatic heterocycles. The largest absolute Gasteiger partial charge is 0.493 e. The number of halogens is 1. The summed E-state index contributed by atoms with van der Waals surface area (Å²) in [5, 5.41) is 6.32. The molecule has 1 heterocycles. The molecule has 2 rings (SSSR count). The van der Waals surface area contributed by atoms with Gasteiger partial charge in [0.25, 0.3) is 0 Å². The third kappa shape index (κ3) is 6.89. The predicted molar refractivity (Wildman–Crippen MR) is 107 cm³/mol. The number of nitrogens with one attached hydrogen (secondary N) is 2. The summed E-state index contributed by atoms with van der Waals surface area (Å²) in [4.78, 5) is 8.22. The summed E-state index contributed by atoms with van der Waals surface area (Å²) in [7, 11) is 1.68. The second-order valence-electron chi connectivity index (χ2n) is 6.85. The molecule has 0 aliphatic rings. The smallest absolute Gasteiger partial charge is 0.191 e. The lowest BCUT2D eigenvalue weighted by Gasteiger charge is -2.16. The van der Waals surface area contributed by atoms with Crippen LogP contribution in [-0.4, -0.2) is 24.6 Å². The van der Waals surface area contributed by atoms with E-state index in [1.54, 1.807) is 19.3 Å². The Kier molecular flexibility index (Phi) is 8.04. The number of aryl methyl sites for hydroxylation is 1. The van der Waals surface area contributed by atoms with E-state index in [0.29, 0.717) is 30.7 Å². The van der Waals surface area contributed by atoms with Gasteiger partial charge in [0.1, 0.15) is 11.6 Å². The number of pyridine rings is 1. The maximum Gasteiger partial charge on any atom is 0.191 e. The molecule has 0 fully saturated rings. The van der Waals surface area contributed by atoms with E-state index in [9.17, 15) is 4.39 Å². The molecule has 2 aromatic rings. The fraction of sp³-hybridized carbons (Fsp3) is 0.429. The first-order chi connectivity index (χ1) is 13.0. The Bertz CT molecular complexity index is 762. The van der Waals surface area contributed by atoms with E-state index in [2.05, 4.69) is 59.6 Å². The number of hydrogen-bond donors (Lipinski definition) is 2. The standard InChI is InChI=1S/C21H29FN4O/c1-15(2)9-11-27-20-12-16(3)7-8-17(20)13-25-21(23-4)26-14-19-18(22)6-5-10-24-19/h5-8,10,12,15H,9,11,13-14H2,1-4H3,(H2,23,25,26). The Balaban J connectivity index is 1.94. The highest BCUT2D eigenvalue weighted by Crippen LogP contribution is 2.21. The molecule has 0 unspecified atom stereocenters. The fourth-order valence-electron chi connectivity index (χ4n) is 2.46. The fourth-order valence-corrected chi connectivity index (χ4v) is 2.46. The molecule has 5 nitrogen and oxygen atoms in total. The lowest BCUT2D eigenvalue weighted by atomic mass is 10.1. The van der Waals surface area contributed by atoms with Gasteiger partial charge in [0.2, 0.25) is 0 Å². The van der Waals surface area contributed by atoms with Crippen molar-refractivity contribution < 1.29 is 9.13 Å². The predicted octanol–water partition coefficient (Wildman–Crippen LogP) is 3.82. The molecule has 0 radical (unpaired) electrons. The number of nitrogens with zero attached hydrogens (tertiary/aromatic N) is 2. The number of guanidine groups is 1. The average molecular weight is 372 g/mol. The number of aromatic nitrogens is 1. The van der Waals surface area contributed by atoms with Gasteiger partial charge in [0, 0.05) is 25.4 Å². The lowest BCUT2D eigenvalue weighted by Crippen LogP contribution is -2.36. The van der Waals surface area contributed by atoms with Crippen molar-refractivity contribution in [1.29, 1.82) is 0 Å². The summed E-state index contributed by atoms with van der Waals surface area (Å²) >= 11 is 0. The van der Waals surface area contributed by atoms with Crippen LogP contribution in [0.15, 0.2) is 41.5 Å². The van der Waals surface area contributed by atoms with Crippen molar-refractivity contribution in [1.82, 2.24) is 15.6 Å². The van der Waals surface area contributed by atoms with E-state index in [4.69, 9.17) is 4.74 Å². The van der Waals surface area contributed by atoms with Crippen LogP contribution >= 0.6 is 0 Å². The first-order valence-corrected chi connectivity index (χ1v) is 9.25. The molecule has 0 spiro atoms. The van der Waals surface area contributed by atoms with Crippen molar-refractivity contribution in [3.63, 3.8) is 0 Å². The average Bonchev–Trinajstić information content (AvgIpc) is 2.64. The minimum Gasteiger partial charge on any atom is -0.493 e. The minimum atomic E-state index is -0.333. The van der Waals surface area contributed by atoms with E-state index in [-0.39, 0.29) is 12.4 Å². The number of rotatable bonds is 8. The molecule has 0 amide bonds. The summed E-state index contributed by atoms with van der Waals surface area (Å²) in [6.07, 6.45) is 2.59. The van der Waals surface area contributed by atoms with Gasteiger partial charge in [0.05, 0.1) is 18.8 Å². The maximum absolute atomic E-state index is 13.7. The summed E-state index contributed by atoms with van der Waals surface area (Å²) < 4.78 is 19.7. The first kappa shape index (κ1) is 20.7. The highest BCUT2D eigenvalue weighted by molar-refractivity contribution is 5.79. The zero-order valence-corrected chi connectivity index (χ0v) is 16.6. The van der Waals surface area contributed by atoms with Crippen LogP contribution in [-0.2, 0) is 13.1 Å². The number of benzene rings is 1. The van der Waals surface area contributed by atoms with E-state index in [1.165, 1.54) is 6.07 Å².